The van der Waals surface area contributed by atoms with E-state index < -0.39 is 0 Å². The zero-order valence-corrected chi connectivity index (χ0v) is 10.7. The summed E-state index contributed by atoms with van der Waals surface area (Å²) in [6.07, 6.45) is 4.93. The van der Waals surface area contributed by atoms with Gasteiger partial charge in [-0.25, -0.2) is 0 Å². The van der Waals surface area contributed by atoms with Crippen LogP contribution in [0.1, 0.15) is 42.5 Å². The molecule has 1 aliphatic carbocycles. The molecular weight excluding hydrogens is 212 g/mol. The lowest BCUT2D eigenvalue weighted by atomic mass is 10.1. The maximum absolute atomic E-state index is 9.27. The molecule has 0 N–H and O–H groups in total. The van der Waals surface area contributed by atoms with E-state index in [0.717, 1.165) is 17.1 Å². The van der Waals surface area contributed by atoms with E-state index in [1.165, 1.54) is 25.7 Å². The van der Waals surface area contributed by atoms with Gasteiger partial charge in [-0.15, -0.1) is 5.10 Å². The van der Waals surface area contributed by atoms with Crippen molar-refractivity contribution < 1.29 is 0 Å². The molecule has 1 saturated carbocycles. The van der Waals surface area contributed by atoms with Crippen LogP contribution in [0.4, 0.5) is 5.82 Å². The summed E-state index contributed by atoms with van der Waals surface area (Å²) in [5, 5.41) is 17.6. The Morgan fingerprint density at radius 2 is 1.88 bits per heavy atom. The zero-order valence-electron chi connectivity index (χ0n) is 10.7. The third kappa shape index (κ3) is 2.10. The van der Waals surface area contributed by atoms with Gasteiger partial charge in [0.05, 0.1) is 5.69 Å². The van der Waals surface area contributed by atoms with Crippen LogP contribution in [0.2, 0.25) is 0 Å². The topological polar surface area (TPSA) is 52.8 Å². The van der Waals surface area contributed by atoms with Crippen LogP contribution in [0.5, 0.6) is 0 Å². The second kappa shape index (κ2) is 4.70. The van der Waals surface area contributed by atoms with Crippen LogP contribution < -0.4 is 4.90 Å². The number of rotatable bonds is 2. The summed E-state index contributed by atoms with van der Waals surface area (Å²) >= 11 is 0. The average Bonchev–Trinajstić information content (AvgIpc) is 2.85. The van der Waals surface area contributed by atoms with Gasteiger partial charge in [-0.05, 0) is 32.3 Å². The standard InChI is InChI=1S/C13H18N4/c1-9-10(2)15-16-13(12(9)8-14)17(3)11-6-4-5-7-11/h11H,4-7H2,1-3H3. The first kappa shape index (κ1) is 11.8. The molecule has 0 saturated heterocycles. The molecule has 90 valence electrons. The summed E-state index contributed by atoms with van der Waals surface area (Å²) in [7, 11) is 2.02. The highest BCUT2D eigenvalue weighted by atomic mass is 15.3. The Labute approximate surface area is 102 Å². The molecule has 0 atom stereocenters. The van der Waals surface area contributed by atoms with Gasteiger partial charge in [-0.1, -0.05) is 12.8 Å². The lowest BCUT2D eigenvalue weighted by Crippen LogP contribution is -2.31. The second-order valence-electron chi connectivity index (χ2n) is 4.77. The van der Waals surface area contributed by atoms with Crippen molar-refractivity contribution in [3.05, 3.63) is 16.8 Å². The number of nitrogens with zero attached hydrogens (tertiary/aromatic N) is 4. The number of aryl methyl sites for hydroxylation is 1. The minimum atomic E-state index is 0.513. The summed E-state index contributed by atoms with van der Waals surface area (Å²) in [6.45, 7) is 3.83. The molecule has 1 aromatic heterocycles. The summed E-state index contributed by atoms with van der Waals surface area (Å²) in [5.74, 6) is 0.738. The largest absolute Gasteiger partial charge is 0.354 e. The number of aromatic nitrogens is 2. The predicted octanol–water partition coefficient (Wildman–Crippen LogP) is 2.34. The molecule has 2 rings (SSSR count). The van der Waals surface area contributed by atoms with Crippen LogP contribution in [0.25, 0.3) is 0 Å². The average molecular weight is 230 g/mol. The maximum atomic E-state index is 9.27. The molecule has 0 aliphatic heterocycles. The van der Waals surface area contributed by atoms with Gasteiger partial charge in [-0.2, -0.15) is 10.4 Å². The van der Waals surface area contributed by atoms with Crippen molar-refractivity contribution in [2.75, 3.05) is 11.9 Å². The van der Waals surface area contributed by atoms with Gasteiger partial charge in [0.2, 0.25) is 0 Å². The predicted molar refractivity (Wildman–Crippen MR) is 66.9 cm³/mol. The van der Waals surface area contributed by atoms with E-state index in [9.17, 15) is 5.26 Å². The third-order valence-corrected chi connectivity index (χ3v) is 3.75. The molecule has 0 spiro atoms. The van der Waals surface area contributed by atoms with Crippen LogP contribution in [-0.2, 0) is 0 Å². The van der Waals surface area contributed by atoms with E-state index in [-0.39, 0.29) is 0 Å². The van der Waals surface area contributed by atoms with E-state index in [0.29, 0.717) is 11.6 Å². The molecule has 1 heterocycles. The number of nitriles is 1. The first-order valence-electron chi connectivity index (χ1n) is 6.12. The van der Waals surface area contributed by atoms with Crippen LogP contribution in [-0.4, -0.2) is 23.3 Å². The highest BCUT2D eigenvalue weighted by molar-refractivity contribution is 5.57. The smallest absolute Gasteiger partial charge is 0.169 e. The first-order valence-corrected chi connectivity index (χ1v) is 6.12. The monoisotopic (exact) mass is 230 g/mol. The molecule has 17 heavy (non-hydrogen) atoms. The van der Waals surface area contributed by atoms with Gasteiger partial charge in [0, 0.05) is 13.1 Å². The Kier molecular flexibility index (Phi) is 3.28. The van der Waals surface area contributed by atoms with Crippen LogP contribution >= 0.6 is 0 Å². The summed E-state index contributed by atoms with van der Waals surface area (Å²) in [6, 6.07) is 2.78. The Morgan fingerprint density at radius 3 is 2.47 bits per heavy atom. The van der Waals surface area contributed by atoms with Gasteiger partial charge in [0.1, 0.15) is 11.6 Å². The van der Waals surface area contributed by atoms with E-state index >= 15 is 0 Å². The van der Waals surface area contributed by atoms with Gasteiger partial charge in [-0.3, -0.25) is 0 Å². The minimum absolute atomic E-state index is 0.513. The quantitative estimate of drug-likeness (QED) is 0.782. The van der Waals surface area contributed by atoms with Crippen LogP contribution in [0.3, 0.4) is 0 Å². The van der Waals surface area contributed by atoms with Crippen molar-refractivity contribution in [3.63, 3.8) is 0 Å². The molecule has 0 radical (unpaired) electrons. The third-order valence-electron chi connectivity index (χ3n) is 3.75. The summed E-state index contributed by atoms with van der Waals surface area (Å²) < 4.78 is 0. The molecule has 1 aliphatic rings. The fourth-order valence-corrected chi connectivity index (χ4v) is 2.44. The summed E-state index contributed by atoms with van der Waals surface area (Å²) in [4.78, 5) is 2.13. The van der Waals surface area contributed by atoms with Crippen molar-refractivity contribution in [2.45, 2.75) is 45.6 Å². The van der Waals surface area contributed by atoms with Crippen molar-refractivity contribution >= 4 is 5.82 Å². The molecule has 0 unspecified atom stereocenters. The van der Waals surface area contributed by atoms with E-state index in [1.807, 2.05) is 20.9 Å². The number of anilines is 1. The molecule has 0 bridgehead atoms. The van der Waals surface area contributed by atoms with Crippen molar-refractivity contribution in [1.29, 1.82) is 5.26 Å². The van der Waals surface area contributed by atoms with E-state index in [2.05, 4.69) is 21.2 Å². The maximum Gasteiger partial charge on any atom is 0.169 e. The second-order valence-corrected chi connectivity index (χ2v) is 4.77. The Balaban J connectivity index is 2.38. The normalized spacial score (nSPS) is 15.9. The lowest BCUT2D eigenvalue weighted by molar-refractivity contribution is 0.640. The van der Waals surface area contributed by atoms with Crippen molar-refractivity contribution in [1.82, 2.24) is 10.2 Å². The molecular formula is C13H18N4. The molecule has 1 aromatic rings. The Hall–Kier alpha value is -1.63. The van der Waals surface area contributed by atoms with Gasteiger partial charge in [0.25, 0.3) is 0 Å². The van der Waals surface area contributed by atoms with E-state index in [4.69, 9.17) is 0 Å². The fourth-order valence-electron chi connectivity index (χ4n) is 2.44. The summed E-state index contributed by atoms with van der Waals surface area (Å²) in [5.41, 5.74) is 2.46. The number of hydrogen-bond acceptors (Lipinski definition) is 4. The van der Waals surface area contributed by atoms with Crippen LogP contribution in [0, 0.1) is 25.2 Å². The van der Waals surface area contributed by atoms with Gasteiger partial charge < -0.3 is 4.90 Å². The van der Waals surface area contributed by atoms with E-state index in [1.54, 1.807) is 0 Å². The molecule has 0 aromatic carbocycles. The lowest BCUT2D eigenvalue weighted by Gasteiger charge is -2.26. The zero-order chi connectivity index (χ0) is 12.4. The first-order chi connectivity index (χ1) is 8.15. The SMILES string of the molecule is Cc1nnc(N(C)C2CCCC2)c(C#N)c1C. The Morgan fingerprint density at radius 1 is 1.24 bits per heavy atom. The molecule has 4 nitrogen and oxygen atoms in total. The van der Waals surface area contributed by atoms with Crippen molar-refractivity contribution in [2.24, 2.45) is 0 Å². The highest BCUT2D eigenvalue weighted by Crippen LogP contribution is 2.28. The highest BCUT2D eigenvalue weighted by Gasteiger charge is 2.24. The Bertz CT molecular complexity index is 455. The molecule has 0 amide bonds. The van der Waals surface area contributed by atoms with Crippen molar-refractivity contribution in [3.8, 4) is 6.07 Å². The molecule has 4 heteroatoms. The minimum Gasteiger partial charge on any atom is -0.354 e. The van der Waals surface area contributed by atoms with Gasteiger partial charge >= 0.3 is 0 Å². The van der Waals surface area contributed by atoms with Gasteiger partial charge in [0.15, 0.2) is 5.82 Å². The number of hydrogen-bond donors (Lipinski definition) is 0. The van der Waals surface area contributed by atoms with Crippen LogP contribution in [0.15, 0.2) is 0 Å². The fraction of sp³-hybridized carbons (Fsp3) is 0.615. The molecule has 1 fully saturated rings.